The molecule has 0 heterocycles. The fraction of sp³-hybridized carbons (Fsp3) is 0.500. The van der Waals surface area contributed by atoms with Crippen LogP contribution in [0.4, 0.5) is 13.2 Å². The van der Waals surface area contributed by atoms with Crippen LogP contribution in [0.25, 0.3) is 0 Å². The molecule has 1 saturated carbocycles. The summed E-state index contributed by atoms with van der Waals surface area (Å²) in [7, 11) is 1.45. The molecule has 0 bridgehead atoms. The molecule has 1 aliphatic carbocycles. The van der Waals surface area contributed by atoms with Crippen LogP contribution in [0, 0.1) is 0 Å². The van der Waals surface area contributed by atoms with Gasteiger partial charge in [0.05, 0.1) is 12.7 Å². The molecule has 5 heteroatoms. The average molecular weight is 245 g/mol. The number of hydrogen-bond donors (Lipinski definition) is 1. The second kappa shape index (κ2) is 3.91. The molecule has 0 atom stereocenters. The minimum absolute atomic E-state index is 0.336. The molecule has 0 radical (unpaired) electrons. The highest BCUT2D eigenvalue weighted by Gasteiger charge is 2.39. The Morgan fingerprint density at radius 1 is 1.35 bits per heavy atom. The smallest absolute Gasteiger partial charge is 0.416 e. The number of alkyl halides is 3. The highest BCUT2D eigenvalue weighted by atomic mass is 19.4. The van der Waals surface area contributed by atoms with Gasteiger partial charge in [-0.25, -0.2) is 0 Å². The molecule has 0 unspecified atom stereocenters. The fourth-order valence-corrected chi connectivity index (χ4v) is 1.81. The van der Waals surface area contributed by atoms with Crippen molar-refractivity contribution in [2.24, 2.45) is 5.73 Å². The Morgan fingerprint density at radius 2 is 2.00 bits per heavy atom. The zero-order valence-electron chi connectivity index (χ0n) is 9.47. The van der Waals surface area contributed by atoms with Crippen molar-refractivity contribution in [1.82, 2.24) is 0 Å². The third-order valence-electron chi connectivity index (χ3n) is 3.04. The summed E-state index contributed by atoms with van der Waals surface area (Å²) in [6, 6.07) is 3.51. The Kier molecular flexibility index (Phi) is 2.81. The van der Waals surface area contributed by atoms with Gasteiger partial charge in [0.1, 0.15) is 5.75 Å². The van der Waals surface area contributed by atoms with Crippen LogP contribution in [0.3, 0.4) is 0 Å². The van der Waals surface area contributed by atoms with Crippen molar-refractivity contribution in [2.45, 2.75) is 31.0 Å². The summed E-state index contributed by atoms with van der Waals surface area (Å²) in [5.74, 6) is 0.467. The Hall–Kier alpha value is -1.23. The zero-order valence-corrected chi connectivity index (χ0v) is 9.47. The van der Waals surface area contributed by atoms with Crippen molar-refractivity contribution in [2.75, 3.05) is 7.11 Å². The van der Waals surface area contributed by atoms with Gasteiger partial charge in [-0.2, -0.15) is 13.2 Å². The van der Waals surface area contributed by atoms with E-state index in [4.69, 9.17) is 10.5 Å². The van der Waals surface area contributed by atoms with E-state index in [1.165, 1.54) is 13.2 Å². The van der Waals surface area contributed by atoms with Crippen LogP contribution in [0.5, 0.6) is 5.75 Å². The maximum absolute atomic E-state index is 12.6. The van der Waals surface area contributed by atoms with E-state index >= 15 is 0 Å². The lowest BCUT2D eigenvalue weighted by Gasteiger charge is -2.15. The lowest BCUT2D eigenvalue weighted by atomic mass is 10.0. The van der Waals surface area contributed by atoms with Crippen LogP contribution >= 0.6 is 0 Å². The number of benzene rings is 1. The molecule has 0 amide bonds. The molecule has 0 aliphatic heterocycles. The molecule has 2 nitrogen and oxygen atoms in total. The molecule has 1 aliphatic rings. The van der Waals surface area contributed by atoms with Gasteiger partial charge in [-0.15, -0.1) is 0 Å². The van der Waals surface area contributed by atoms with Crippen LogP contribution in [0.1, 0.15) is 24.0 Å². The molecule has 17 heavy (non-hydrogen) atoms. The Balaban J connectivity index is 2.32. The number of ether oxygens (including phenoxy) is 1. The van der Waals surface area contributed by atoms with Gasteiger partial charge in [0.25, 0.3) is 0 Å². The Labute approximate surface area is 97.6 Å². The highest BCUT2D eigenvalue weighted by Crippen LogP contribution is 2.39. The predicted molar refractivity (Wildman–Crippen MR) is 57.9 cm³/mol. The molecule has 2 N–H and O–H groups in total. The molecule has 2 rings (SSSR count). The van der Waals surface area contributed by atoms with E-state index in [2.05, 4.69) is 0 Å². The van der Waals surface area contributed by atoms with Gasteiger partial charge in [0, 0.05) is 5.54 Å². The molecule has 94 valence electrons. The predicted octanol–water partition coefficient (Wildman–Crippen LogP) is 2.75. The van der Waals surface area contributed by atoms with Crippen molar-refractivity contribution in [3.8, 4) is 5.75 Å². The fourth-order valence-electron chi connectivity index (χ4n) is 1.81. The van der Waals surface area contributed by atoms with Crippen LogP contribution in [-0.4, -0.2) is 12.6 Å². The van der Waals surface area contributed by atoms with Crippen molar-refractivity contribution in [3.63, 3.8) is 0 Å². The van der Waals surface area contributed by atoms with Crippen LogP contribution in [0.15, 0.2) is 18.2 Å². The first-order valence-electron chi connectivity index (χ1n) is 5.37. The quantitative estimate of drug-likeness (QED) is 0.888. The van der Waals surface area contributed by atoms with E-state index in [0.29, 0.717) is 17.7 Å². The minimum Gasteiger partial charge on any atom is -0.496 e. The van der Waals surface area contributed by atoms with Gasteiger partial charge in [-0.1, -0.05) is 0 Å². The monoisotopic (exact) mass is 245 g/mol. The SMILES string of the molecule is COc1ccc(C(F)(F)F)cc1CC1(N)CC1. The molecule has 0 spiro atoms. The lowest BCUT2D eigenvalue weighted by molar-refractivity contribution is -0.137. The summed E-state index contributed by atoms with van der Waals surface area (Å²) in [5, 5.41) is 0. The normalized spacial score (nSPS) is 17.9. The van der Waals surface area contributed by atoms with Gasteiger partial charge in [0.15, 0.2) is 0 Å². The summed E-state index contributed by atoms with van der Waals surface area (Å²) in [5.41, 5.74) is 5.46. The zero-order chi connectivity index (χ0) is 12.7. The summed E-state index contributed by atoms with van der Waals surface area (Å²) in [4.78, 5) is 0. The topological polar surface area (TPSA) is 35.2 Å². The Bertz CT molecular complexity index is 424. The molecule has 1 aromatic carbocycles. The van der Waals surface area contributed by atoms with Crippen molar-refractivity contribution < 1.29 is 17.9 Å². The van der Waals surface area contributed by atoms with Crippen LogP contribution < -0.4 is 10.5 Å². The number of hydrogen-bond acceptors (Lipinski definition) is 2. The number of methoxy groups -OCH3 is 1. The maximum Gasteiger partial charge on any atom is 0.416 e. The van der Waals surface area contributed by atoms with Crippen molar-refractivity contribution >= 4 is 0 Å². The van der Waals surface area contributed by atoms with Gasteiger partial charge in [-0.05, 0) is 43.0 Å². The molecular formula is C12H14F3NO. The molecule has 1 aromatic rings. The highest BCUT2D eigenvalue weighted by molar-refractivity contribution is 5.40. The van der Waals surface area contributed by atoms with E-state index in [9.17, 15) is 13.2 Å². The Morgan fingerprint density at radius 3 is 2.47 bits per heavy atom. The summed E-state index contributed by atoms with van der Waals surface area (Å²) >= 11 is 0. The lowest BCUT2D eigenvalue weighted by Crippen LogP contribution is -2.25. The van der Waals surface area contributed by atoms with Gasteiger partial charge in [-0.3, -0.25) is 0 Å². The van der Waals surface area contributed by atoms with Crippen LogP contribution in [-0.2, 0) is 12.6 Å². The molecule has 0 saturated heterocycles. The van der Waals surface area contributed by atoms with E-state index in [1.807, 2.05) is 0 Å². The van der Waals surface area contributed by atoms with Crippen molar-refractivity contribution in [3.05, 3.63) is 29.3 Å². The first kappa shape index (κ1) is 12.2. The van der Waals surface area contributed by atoms with Gasteiger partial charge < -0.3 is 10.5 Å². The summed E-state index contributed by atoms with van der Waals surface area (Å²) in [6.07, 6.45) is -2.19. The van der Waals surface area contributed by atoms with E-state index in [1.54, 1.807) is 0 Å². The van der Waals surface area contributed by atoms with Crippen molar-refractivity contribution in [1.29, 1.82) is 0 Å². The van der Waals surface area contributed by atoms with Gasteiger partial charge >= 0.3 is 6.18 Å². The number of rotatable bonds is 3. The molecular weight excluding hydrogens is 231 g/mol. The number of nitrogens with two attached hydrogens (primary N) is 1. The first-order chi connectivity index (χ1) is 7.84. The molecule has 1 fully saturated rings. The molecule has 0 aromatic heterocycles. The average Bonchev–Trinajstić information content (AvgIpc) is 2.94. The van der Waals surface area contributed by atoms with Crippen LogP contribution in [0.2, 0.25) is 0 Å². The minimum atomic E-state index is -4.33. The maximum atomic E-state index is 12.6. The first-order valence-corrected chi connectivity index (χ1v) is 5.37. The standard InChI is InChI=1S/C12H14F3NO/c1-17-10-3-2-9(12(13,14)15)6-8(10)7-11(16)4-5-11/h2-3,6H,4-5,7,16H2,1H3. The number of halogens is 3. The van der Waals surface area contributed by atoms with E-state index in [-0.39, 0.29) is 5.54 Å². The third-order valence-corrected chi connectivity index (χ3v) is 3.04. The summed E-state index contributed by atoms with van der Waals surface area (Å²) in [6.45, 7) is 0. The second-order valence-corrected chi connectivity index (χ2v) is 4.56. The second-order valence-electron chi connectivity index (χ2n) is 4.56. The third kappa shape index (κ3) is 2.72. The largest absolute Gasteiger partial charge is 0.496 e. The summed E-state index contributed by atoms with van der Waals surface area (Å²) < 4.78 is 42.8. The van der Waals surface area contributed by atoms with E-state index in [0.717, 1.165) is 25.0 Å². The van der Waals surface area contributed by atoms with E-state index < -0.39 is 11.7 Å². The van der Waals surface area contributed by atoms with Gasteiger partial charge in [0.2, 0.25) is 0 Å².